The Kier molecular flexibility index (Phi) is 6.67. The molecule has 1 amide bonds. The second-order valence-electron chi connectivity index (χ2n) is 9.50. The van der Waals surface area contributed by atoms with Gasteiger partial charge in [-0.15, -0.1) is 0 Å². The number of rotatable bonds is 7. The second-order valence-corrected chi connectivity index (χ2v) is 10.1. The molecule has 2 aromatic rings. The monoisotopic (exact) mass is 498 g/mol. The van der Waals surface area contributed by atoms with Gasteiger partial charge in [-0.05, 0) is 38.5 Å². The van der Waals surface area contributed by atoms with Crippen LogP contribution in [0.1, 0.15) is 57.3 Å². The number of halogens is 4. The van der Waals surface area contributed by atoms with E-state index < -0.39 is 24.5 Å². The van der Waals surface area contributed by atoms with E-state index in [-0.39, 0.29) is 29.0 Å². The van der Waals surface area contributed by atoms with Crippen LogP contribution in [0.3, 0.4) is 0 Å². The number of nitrogens with zero attached hydrogens (tertiary/aromatic N) is 3. The number of amides is 1. The van der Waals surface area contributed by atoms with E-state index in [1.807, 2.05) is 20.8 Å². The van der Waals surface area contributed by atoms with Gasteiger partial charge >= 0.3 is 6.43 Å². The quantitative estimate of drug-likeness (QED) is 0.441. The van der Waals surface area contributed by atoms with Gasteiger partial charge in [0, 0.05) is 59.6 Å². The topological polar surface area (TPSA) is 69.0 Å². The number of hydrogen-bond acceptors (Lipinski definition) is 5. The standard InChI is InChI=1S/C23H26F4N4O2S/c1-11(2)31-17-6-12(22(32)29-23(3)8-13(34)9-23)4-5-14(17)19(30-31)15-7-18(28-10-16(15)24)33-21(27)20(25)26/h7,10-12,20-21H,4-6,8-9H2,1-3H3,(H,29,32). The Labute approximate surface area is 200 Å². The molecule has 0 spiro atoms. The van der Waals surface area contributed by atoms with E-state index in [4.69, 9.17) is 12.2 Å². The number of fused-ring (bicyclic) bond motifs is 1. The van der Waals surface area contributed by atoms with Crippen LogP contribution in [0.15, 0.2) is 12.3 Å². The molecule has 2 aliphatic rings. The van der Waals surface area contributed by atoms with E-state index in [1.165, 1.54) is 0 Å². The molecular formula is C23H26F4N4O2S. The molecule has 184 valence electrons. The predicted molar refractivity (Wildman–Crippen MR) is 121 cm³/mol. The molecule has 4 rings (SSSR count). The van der Waals surface area contributed by atoms with Crippen LogP contribution in [0.4, 0.5) is 17.6 Å². The maximum absolute atomic E-state index is 14.7. The van der Waals surface area contributed by atoms with Crippen molar-refractivity contribution in [3.63, 3.8) is 0 Å². The van der Waals surface area contributed by atoms with Gasteiger partial charge in [-0.3, -0.25) is 9.48 Å². The van der Waals surface area contributed by atoms with Crippen LogP contribution < -0.4 is 10.1 Å². The summed E-state index contributed by atoms with van der Waals surface area (Å²) in [5, 5.41) is 7.70. The highest BCUT2D eigenvalue weighted by Crippen LogP contribution is 2.37. The number of thiocarbonyl (C=S) groups is 1. The van der Waals surface area contributed by atoms with E-state index >= 15 is 0 Å². The number of carbonyl (C=O) groups excluding carboxylic acids is 1. The summed E-state index contributed by atoms with van der Waals surface area (Å²) in [4.78, 5) is 17.5. The molecule has 1 N–H and O–H groups in total. The zero-order chi connectivity index (χ0) is 24.8. The Morgan fingerprint density at radius 1 is 1.32 bits per heavy atom. The maximum atomic E-state index is 14.7. The van der Waals surface area contributed by atoms with E-state index in [9.17, 15) is 22.4 Å². The first-order valence-corrected chi connectivity index (χ1v) is 11.6. The number of hydrogen-bond donors (Lipinski definition) is 1. The van der Waals surface area contributed by atoms with Gasteiger partial charge in [0.25, 0.3) is 6.36 Å². The lowest BCUT2D eigenvalue weighted by Gasteiger charge is -2.41. The Bertz CT molecular complexity index is 1110. The number of aromatic nitrogens is 3. The first-order chi connectivity index (χ1) is 16.0. The van der Waals surface area contributed by atoms with Gasteiger partial charge in [0.15, 0.2) is 5.82 Å². The molecule has 0 bridgehead atoms. The average Bonchev–Trinajstić information content (AvgIpc) is 3.12. The third kappa shape index (κ3) is 4.80. The highest BCUT2D eigenvalue weighted by Gasteiger charge is 2.40. The molecule has 2 unspecified atom stereocenters. The fraction of sp³-hybridized carbons (Fsp3) is 0.565. The summed E-state index contributed by atoms with van der Waals surface area (Å²) < 4.78 is 59.4. The Balaban J connectivity index is 1.62. The molecular weight excluding hydrogens is 472 g/mol. The van der Waals surface area contributed by atoms with Crippen LogP contribution in [0.5, 0.6) is 5.88 Å². The van der Waals surface area contributed by atoms with E-state index in [1.54, 1.807) is 4.68 Å². The van der Waals surface area contributed by atoms with E-state index in [0.717, 1.165) is 28.4 Å². The summed E-state index contributed by atoms with van der Waals surface area (Å²) in [6.45, 7) is 5.82. The first kappa shape index (κ1) is 24.6. The molecule has 6 nitrogen and oxygen atoms in total. The van der Waals surface area contributed by atoms with Gasteiger partial charge in [0.2, 0.25) is 11.8 Å². The van der Waals surface area contributed by atoms with Gasteiger partial charge in [-0.2, -0.15) is 9.49 Å². The van der Waals surface area contributed by atoms with Crippen LogP contribution in [-0.2, 0) is 17.6 Å². The van der Waals surface area contributed by atoms with Crippen LogP contribution in [-0.4, -0.2) is 43.9 Å². The van der Waals surface area contributed by atoms with Crippen molar-refractivity contribution in [1.29, 1.82) is 0 Å². The smallest absolute Gasteiger partial charge is 0.304 e. The molecule has 11 heteroatoms. The molecule has 0 aliphatic heterocycles. The molecule has 0 saturated heterocycles. The number of nitrogens with one attached hydrogen (secondary N) is 1. The van der Waals surface area contributed by atoms with Crippen molar-refractivity contribution in [3.05, 3.63) is 29.3 Å². The molecule has 2 aliphatic carbocycles. The average molecular weight is 499 g/mol. The lowest BCUT2D eigenvalue weighted by molar-refractivity contribution is -0.127. The van der Waals surface area contributed by atoms with Crippen LogP contribution >= 0.6 is 12.2 Å². The van der Waals surface area contributed by atoms with E-state index in [2.05, 4.69) is 20.1 Å². The minimum Gasteiger partial charge on any atom is -0.437 e. The fourth-order valence-electron chi connectivity index (χ4n) is 4.64. The Hall–Kier alpha value is -2.56. The lowest BCUT2D eigenvalue weighted by atomic mass is 9.77. The van der Waals surface area contributed by atoms with Crippen LogP contribution in [0, 0.1) is 11.7 Å². The van der Waals surface area contributed by atoms with Crippen molar-refractivity contribution < 1.29 is 27.1 Å². The van der Waals surface area contributed by atoms with E-state index in [0.29, 0.717) is 37.8 Å². The summed E-state index contributed by atoms with van der Waals surface area (Å²) >= 11 is 5.18. The summed E-state index contributed by atoms with van der Waals surface area (Å²) in [5.41, 5.74) is 1.59. The molecule has 0 aromatic carbocycles. The number of alkyl halides is 3. The van der Waals surface area contributed by atoms with Crippen molar-refractivity contribution >= 4 is 23.0 Å². The van der Waals surface area contributed by atoms with Gasteiger partial charge in [-0.1, -0.05) is 12.2 Å². The van der Waals surface area contributed by atoms with Gasteiger partial charge in [0.1, 0.15) is 0 Å². The zero-order valence-corrected chi connectivity index (χ0v) is 19.9. The Morgan fingerprint density at radius 3 is 2.65 bits per heavy atom. The largest absolute Gasteiger partial charge is 0.437 e. The van der Waals surface area contributed by atoms with Gasteiger partial charge in [0.05, 0.1) is 11.9 Å². The zero-order valence-electron chi connectivity index (χ0n) is 19.1. The third-order valence-corrected chi connectivity index (χ3v) is 6.57. The highest BCUT2D eigenvalue weighted by molar-refractivity contribution is 7.80. The summed E-state index contributed by atoms with van der Waals surface area (Å²) in [7, 11) is 0. The SMILES string of the molecule is CC(C)n1nc(-c2cc(OC(F)C(F)F)ncc2F)c2c1CC(C(=O)NC1(C)CC(=S)C1)CC2. The lowest BCUT2D eigenvalue weighted by Crippen LogP contribution is -2.56. The summed E-state index contributed by atoms with van der Waals surface area (Å²) in [5.74, 6) is -1.50. The van der Waals surface area contributed by atoms with Crippen LogP contribution in [0.25, 0.3) is 11.3 Å². The summed E-state index contributed by atoms with van der Waals surface area (Å²) in [6, 6.07) is 1.01. The Morgan fingerprint density at radius 2 is 2.03 bits per heavy atom. The predicted octanol–water partition coefficient (Wildman–Crippen LogP) is 4.75. The minimum atomic E-state index is -3.36. The van der Waals surface area contributed by atoms with Crippen molar-refractivity contribution in [2.45, 2.75) is 77.2 Å². The number of ether oxygens (including phenoxy) is 1. The van der Waals surface area contributed by atoms with Gasteiger partial charge < -0.3 is 10.1 Å². The highest BCUT2D eigenvalue weighted by atomic mass is 32.1. The third-order valence-electron chi connectivity index (χ3n) is 6.28. The van der Waals surface area contributed by atoms with Gasteiger partial charge in [-0.25, -0.2) is 18.2 Å². The fourth-order valence-corrected chi connectivity index (χ4v) is 5.28. The summed E-state index contributed by atoms with van der Waals surface area (Å²) in [6.07, 6.45) is -2.60. The van der Waals surface area contributed by atoms with Crippen molar-refractivity contribution in [2.75, 3.05) is 0 Å². The normalized spacial score (nSPS) is 20.1. The molecule has 2 aromatic heterocycles. The molecule has 0 radical (unpaired) electrons. The molecule has 2 atom stereocenters. The minimum absolute atomic E-state index is 0.0134. The van der Waals surface area contributed by atoms with Crippen molar-refractivity contribution in [2.24, 2.45) is 5.92 Å². The maximum Gasteiger partial charge on any atom is 0.304 e. The molecule has 1 fully saturated rings. The molecule has 1 saturated carbocycles. The molecule has 34 heavy (non-hydrogen) atoms. The first-order valence-electron chi connectivity index (χ1n) is 11.2. The van der Waals surface area contributed by atoms with Crippen molar-refractivity contribution in [1.82, 2.24) is 20.1 Å². The number of carbonyl (C=O) groups is 1. The van der Waals surface area contributed by atoms with Crippen molar-refractivity contribution in [3.8, 4) is 17.1 Å². The second kappa shape index (κ2) is 9.24. The number of pyridine rings is 1. The van der Waals surface area contributed by atoms with Crippen LogP contribution in [0.2, 0.25) is 0 Å². The molecule has 2 heterocycles.